The molecule has 1 heterocycles. The summed E-state index contributed by atoms with van der Waals surface area (Å²) < 4.78 is 0. The molecule has 2 aromatic carbocycles. The van der Waals surface area contributed by atoms with Gasteiger partial charge in [0.05, 0.1) is 0 Å². The van der Waals surface area contributed by atoms with Crippen LogP contribution in [0.3, 0.4) is 0 Å². The van der Waals surface area contributed by atoms with Crippen LogP contribution in [-0.2, 0) is 0 Å². The Morgan fingerprint density at radius 1 is 0.590 bits per heavy atom. The SMILES string of the molecule is Cc1ccccc1N1C(c2c(C)cccc2C)N(C2CCCC2)C(C2CCCCCCC2)(C2CCCC2)[C@@H]1C. The summed E-state index contributed by atoms with van der Waals surface area (Å²) >= 11 is 0. The molecule has 0 aromatic heterocycles. The van der Waals surface area contributed by atoms with Gasteiger partial charge in [0.2, 0.25) is 0 Å². The molecule has 0 N–H and O–H groups in total. The van der Waals surface area contributed by atoms with Gasteiger partial charge in [0.15, 0.2) is 0 Å². The van der Waals surface area contributed by atoms with Crippen molar-refractivity contribution in [2.24, 2.45) is 11.8 Å². The van der Waals surface area contributed by atoms with Crippen LogP contribution in [0.15, 0.2) is 42.5 Å². The molecule has 0 spiro atoms. The van der Waals surface area contributed by atoms with Gasteiger partial charge in [-0.3, -0.25) is 4.90 Å². The Bertz CT molecular complexity index is 1080. The van der Waals surface area contributed by atoms with E-state index in [4.69, 9.17) is 0 Å². The van der Waals surface area contributed by atoms with Crippen LogP contribution in [0.2, 0.25) is 0 Å². The number of aryl methyl sites for hydroxylation is 3. The van der Waals surface area contributed by atoms with E-state index in [-0.39, 0.29) is 5.54 Å². The molecule has 2 heteroatoms. The molecule has 3 atom stereocenters. The van der Waals surface area contributed by atoms with E-state index in [9.17, 15) is 0 Å². The van der Waals surface area contributed by atoms with E-state index >= 15 is 0 Å². The minimum Gasteiger partial charge on any atom is -0.347 e. The van der Waals surface area contributed by atoms with Crippen molar-refractivity contribution in [1.82, 2.24) is 4.90 Å². The zero-order valence-electron chi connectivity index (χ0n) is 25.4. The molecule has 2 aromatic rings. The first kappa shape index (κ1) is 27.4. The van der Waals surface area contributed by atoms with Crippen LogP contribution in [0.1, 0.15) is 132 Å². The predicted molar refractivity (Wildman–Crippen MR) is 166 cm³/mol. The standard InChI is InChI=1S/C37H54N2/c1-27-17-10-15-26-34(27)38-30(4)37(32-22-11-12-23-32,31-20-8-6-5-7-9-21-31)39(33-24-13-14-25-33)36(38)35-28(2)18-16-19-29(35)3/h10,15-19,26,30-33,36H,5-9,11-14,20-25H2,1-4H3/t30-,36?,37?/m0/s1. The van der Waals surface area contributed by atoms with Crippen molar-refractivity contribution in [2.75, 3.05) is 4.90 Å². The molecular formula is C37H54N2. The van der Waals surface area contributed by atoms with Gasteiger partial charge in [0, 0.05) is 23.3 Å². The average molecular weight is 527 g/mol. The molecule has 3 saturated carbocycles. The third-order valence-corrected chi connectivity index (χ3v) is 11.7. The van der Waals surface area contributed by atoms with Gasteiger partial charge >= 0.3 is 0 Å². The first-order valence-corrected chi connectivity index (χ1v) is 16.7. The summed E-state index contributed by atoms with van der Waals surface area (Å²) in [5.74, 6) is 1.62. The van der Waals surface area contributed by atoms with Gasteiger partial charge in [-0.15, -0.1) is 0 Å². The highest BCUT2D eigenvalue weighted by molar-refractivity contribution is 5.59. The maximum atomic E-state index is 3.27. The Hall–Kier alpha value is -1.80. The lowest BCUT2D eigenvalue weighted by molar-refractivity contribution is -0.0489. The predicted octanol–water partition coefficient (Wildman–Crippen LogP) is 10.1. The molecule has 2 nitrogen and oxygen atoms in total. The maximum Gasteiger partial charge on any atom is 0.110 e. The van der Waals surface area contributed by atoms with Crippen LogP contribution < -0.4 is 4.90 Å². The summed E-state index contributed by atoms with van der Waals surface area (Å²) in [6.07, 6.45) is 21.7. The van der Waals surface area contributed by atoms with Gasteiger partial charge in [-0.05, 0) is 106 Å². The summed E-state index contributed by atoms with van der Waals surface area (Å²) in [6.45, 7) is 9.82. The van der Waals surface area contributed by atoms with Crippen molar-refractivity contribution >= 4 is 5.69 Å². The number of anilines is 1. The normalized spacial score (nSPS) is 30.2. The molecule has 2 unspecified atom stereocenters. The van der Waals surface area contributed by atoms with E-state index in [0.717, 1.165) is 11.8 Å². The van der Waals surface area contributed by atoms with Gasteiger partial charge in [-0.1, -0.05) is 94.2 Å². The molecule has 39 heavy (non-hydrogen) atoms. The summed E-state index contributed by atoms with van der Waals surface area (Å²) in [4.78, 5) is 6.24. The largest absolute Gasteiger partial charge is 0.347 e. The topological polar surface area (TPSA) is 6.48 Å². The Balaban J connectivity index is 1.63. The maximum absolute atomic E-state index is 3.27. The zero-order valence-corrected chi connectivity index (χ0v) is 25.4. The molecule has 0 amide bonds. The molecular weight excluding hydrogens is 472 g/mol. The average Bonchev–Trinajstić information content (AvgIpc) is 3.66. The van der Waals surface area contributed by atoms with Gasteiger partial charge < -0.3 is 4.90 Å². The van der Waals surface area contributed by atoms with Gasteiger partial charge in [0.25, 0.3) is 0 Å². The van der Waals surface area contributed by atoms with E-state index in [1.807, 2.05) is 0 Å². The summed E-state index contributed by atoms with van der Waals surface area (Å²) in [6, 6.07) is 17.6. The first-order chi connectivity index (χ1) is 19.0. The van der Waals surface area contributed by atoms with Crippen LogP contribution in [0.4, 0.5) is 5.69 Å². The highest BCUT2D eigenvalue weighted by Crippen LogP contribution is 2.60. The van der Waals surface area contributed by atoms with Crippen molar-refractivity contribution < 1.29 is 0 Å². The highest BCUT2D eigenvalue weighted by atomic mass is 15.5. The summed E-state index contributed by atoms with van der Waals surface area (Å²) in [7, 11) is 0. The third kappa shape index (κ3) is 4.67. The number of para-hydroxylation sites is 1. The smallest absolute Gasteiger partial charge is 0.110 e. The minimum atomic E-state index is 0.254. The number of hydrogen-bond donors (Lipinski definition) is 0. The van der Waals surface area contributed by atoms with E-state index in [2.05, 4.69) is 80.0 Å². The Kier molecular flexibility index (Phi) is 8.14. The zero-order chi connectivity index (χ0) is 27.0. The number of hydrogen-bond acceptors (Lipinski definition) is 2. The van der Waals surface area contributed by atoms with Gasteiger partial charge in [-0.2, -0.15) is 0 Å². The lowest BCUT2D eigenvalue weighted by Gasteiger charge is -2.54. The molecule has 0 bridgehead atoms. The number of nitrogens with zero attached hydrogens (tertiary/aromatic N) is 2. The molecule has 4 aliphatic rings. The first-order valence-electron chi connectivity index (χ1n) is 16.7. The van der Waals surface area contributed by atoms with Crippen molar-refractivity contribution in [3.05, 3.63) is 64.7 Å². The second kappa shape index (κ2) is 11.6. The molecule has 0 radical (unpaired) electrons. The quantitative estimate of drug-likeness (QED) is 0.382. The lowest BCUT2D eigenvalue weighted by atomic mass is 9.64. The molecule has 1 aliphatic heterocycles. The van der Waals surface area contributed by atoms with E-state index in [1.165, 1.54) is 119 Å². The van der Waals surface area contributed by atoms with Gasteiger partial charge in [0.1, 0.15) is 6.17 Å². The molecule has 6 rings (SSSR count). The molecule has 3 aliphatic carbocycles. The van der Waals surface area contributed by atoms with E-state index < -0.39 is 0 Å². The van der Waals surface area contributed by atoms with E-state index in [1.54, 1.807) is 5.56 Å². The second-order valence-electron chi connectivity index (χ2n) is 13.8. The summed E-state index contributed by atoms with van der Waals surface area (Å²) in [5, 5.41) is 0. The number of rotatable bonds is 5. The molecule has 4 fully saturated rings. The highest BCUT2D eigenvalue weighted by Gasteiger charge is 2.64. The van der Waals surface area contributed by atoms with Crippen molar-refractivity contribution in [2.45, 2.75) is 148 Å². The van der Waals surface area contributed by atoms with Crippen molar-refractivity contribution in [1.29, 1.82) is 0 Å². The van der Waals surface area contributed by atoms with Crippen LogP contribution >= 0.6 is 0 Å². The Labute approximate surface area is 239 Å². The molecule has 1 saturated heterocycles. The monoisotopic (exact) mass is 526 g/mol. The van der Waals surface area contributed by atoms with E-state index in [0.29, 0.717) is 18.2 Å². The van der Waals surface area contributed by atoms with Crippen LogP contribution in [0, 0.1) is 32.6 Å². The minimum absolute atomic E-state index is 0.254. The number of benzene rings is 2. The van der Waals surface area contributed by atoms with Crippen molar-refractivity contribution in [3.63, 3.8) is 0 Å². The Morgan fingerprint density at radius 2 is 1.08 bits per heavy atom. The van der Waals surface area contributed by atoms with Gasteiger partial charge in [-0.25, -0.2) is 0 Å². The Morgan fingerprint density at radius 3 is 1.67 bits per heavy atom. The lowest BCUT2D eigenvalue weighted by Crippen LogP contribution is -2.63. The fourth-order valence-corrected chi connectivity index (χ4v) is 10.1. The molecule has 212 valence electrons. The van der Waals surface area contributed by atoms with Crippen molar-refractivity contribution in [3.8, 4) is 0 Å². The van der Waals surface area contributed by atoms with Crippen LogP contribution in [0.25, 0.3) is 0 Å². The van der Waals surface area contributed by atoms with Crippen LogP contribution in [-0.4, -0.2) is 22.5 Å². The fourth-order valence-electron chi connectivity index (χ4n) is 10.1. The fraction of sp³-hybridized carbons (Fsp3) is 0.676. The second-order valence-corrected chi connectivity index (χ2v) is 13.8. The summed E-state index contributed by atoms with van der Waals surface area (Å²) in [5.41, 5.74) is 7.73. The third-order valence-electron chi connectivity index (χ3n) is 11.7. The van der Waals surface area contributed by atoms with Crippen LogP contribution in [0.5, 0.6) is 0 Å².